The summed E-state index contributed by atoms with van der Waals surface area (Å²) in [6.07, 6.45) is 1.61. The number of hydrogen-bond acceptors (Lipinski definition) is 5. The summed E-state index contributed by atoms with van der Waals surface area (Å²) >= 11 is 0. The Balaban J connectivity index is 1.55. The van der Waals surface area contributed by atoms with Gasteiger partial charge in [-0.15, -0.1) is 0 Å². The van der Waals surface area contributed by atoms with Crippen molar-refractivity contribution in [3.8, 4) is 0 Å². The van der Waals surface area contributed by atoms with Crippen LogP contribution < -0.4 is 10.2 Å². The van der Waals surface area contributed by atoms with Crippen LogP contribution in [0.3, 0.4) is 0 Å². The van der Waals surface area contributed by atoms with E-state index in [0.29, 0.717) is 11.8 Å². The van der Waals surface area contributed by atoms with Crippen molar-refractivity contribution in [1.29, 1.82) is 0 Å². The Hall–Kier alpha value is -2.38. The highest BCUT2D eigenvalue weighted by molar-refractivity contribution is 5.38. The van der Waals surface area contributed by atoms with Gasteiger partial charge in [0.05, 0.1) is 5.56 Å². The SMILES string of the molecule is FC(F)(F)c1ccc(NC2CCN(c3ncccn3)CC2)nc1. The zero-order valence-electron chi connectivity index (χ0n) is 12.3. The van der Waals surface area contributed by atoms with Crippen molar-refractivity contribution < 1.29 is 13.2 Å². The first-order valence-electron chi connectivity index (χ1n) is 7.34. The van der Waals surface area contributed by atoms with E-state index in [9.17, 15) is 13.2 Å². The van der Waals surface area contributed by atoms with Crippen LogP contribution in [0.15, 0.2) is 36.8 Å². The second-order valence-corrected chi connectivity index (χ2v) is 5.38. The molecule has 122 valence electrons. The Labute approximate surface area is 131 Å². The van der Waals surface area contributed by atoms with Crippen LogP contribution in [0, 0.1) is 0 Å². The number of nitrogens with zero attached hydrogens (tertiary/aromatic N) is 4. The Kier molecular flexibility index (Phi) is 4.31. The Morgan fingerprint density at radius 3 is 2.30 bits per heavy atom. The number of rotatable bonds is 3. The molecule has 0 bridgehead atoms. The van der Waals surface area contributed by atoms with Crippen molar-refractivity contribution in [3.63, 3.8) is 0 Å². The maximum Gasteiger partial charge on any atom is 0.417 e. The molecule has 1 N–H and O–H groups in total. The molecule has 1 saturated heterocycles. The number of aromatic nitrogens is 3. The van der Waals surface area contributed by atoms with Gasteiger partial charge in [0.1, 0.15) is 5.82 Å². The molecule has 8 heteroatoms. The van der Waals surface area contributed by atoms with Gasteiger partial charge in [-0.25, -0.2) is 15.0 Å². The van der Waals surface area contributed by atoms with Gasteiger partial charge in [0.15, 0.2) is 0 Å². The molecule has 23 heavy (non-hydrogen) atoms. The van der Waals surface area contributed by atoms with E-state index in [4.69, 9.17) is 0 Å². The lowest BCUT2D eigenvalue weighted by Gasteiger charge is -2.32. The lowest BCUT2D eigenvalue weighted by atomic mass is 10.1. The van der Waals surface area contributed by atoms with Crippen molar-refractivity contribution in [2.75, 3.05) is 23.3 Å². The molecule has 3 rings (SSSR count). The summed E-state index contributed by atoms with van der Waals surface area (Å²) in [5, 5.41) is 3.19. The Morgan fingerprint density at radius 2 is 1.74 bits per heavy atom. The molecule has 0 radical (unpaired) electrons. The molecule has 1 aliphatic heterocycles. The van der Waals surface area contributed by atoms with E-state index in [1.54, 1.807) is 18.5 Å². The first-order chi connectivity index (χ1) is 11.0. The predicted octanol–water partition coefficient (Wildman–Crippen LogP) is 2.97. The van der Waals surface area contributed by atoms with E-state index < -0.39 is 11.7 Å². The zero-order valence-corrected chi connectivity index (χ0v) is 12.3. The third kappa shape index (κ3) is 3.88. The molecule has 0 spiro atoms. The van der Waals surface area contributed by atoms with E-state index in [-0.39, 0.29) is 6.04 Å². The van der Waals surface area contributed by atoms with Crippen molar-refractivity contribution in [3.05, 3.63) is 42.4 Å². The monoisotopic (exact) mass is 323 g/mol. The van der Waals surface area contributed by atoms with Crippen LogP contribution in [0.25, 0.3) is 0 Å². The fourth-order valence-electron chi connectivity index (χ4n) is 2.53. The summed E-state index contributed by atoms with van der Waals surface area (Å²) in [4.78, 5) is 14.4. The average Bonchev–Trinajstić information content (AvgIpc) is 2.56. The standard InChI is InChI=1S/C15H16F3N5/c16-15(17,18)11-2-3-13(21-10-11)22-12-4-8-23(9-5-12)14-19-6-1-7-20-14/h1-3,6-7,10,12H,4-5,8-9H2,(H,21,22). The van der Waals surface area contributed by atoms with Crippen molar-refractivity contribution >= 4 is 11.8 Å². The van der Waals surface area contributed by atoms with E-state index in [2.05, 4.69) is 25.2 Å². The number of nitrogens with one attached hydrogen (secondary N) is 1. The number of alkyl halides is 3. The quantitative estimate of drug-likeness (QED) is 0.941. The van der Waals surface area contributed by atoms with Crippen molar-refractivity contribution in [2.45, 2.75) is 25.1 Å². The fraction of sp³-hybridized carbons (Fsp3) is 0.400. The Bertz CT molecular complexity index is 622. The molecule has 0 aromatic carbocycles. The van der Waals surface area contributed by atoms with Gasteiger partial charge in [0.25, 0.3) is 0 Å². The number of piperidine rings is 1. The predicted molar refractivity (Wildman–Crippen MR) is 80.1 cm³/mol. The summed E-state index contributed by atoms with van der Waals surface area (Å²) in [6.45, 7) is 1.59. The molecule has 0 atom stereocenters. The normalized spacial score (nSPS) is 16.4. The third-order valence-electron chi connectivity index (χ3n) is 3.77. The molecule has 1 fully saturated rings. The minimum Gasteiger partial charge on any atom is -0.367 e. The maximum absolute atomic E-state index is 12.5. The summed E-state index contributed by atoms with van der Waals surface area (Å²) in [7, 11) is 0. The molecule has 0 unspecified atom stereocenters. The first-order valence-corrected chi connectivity index (χ1v) is 7.34. The van der Waals surface area contributed by atoms with Crippen LogP contribution in [0.2, 0.25) is 0 Å². The maximum atomic E-state index is 12.5. The highest BCUT2D eigenvalue weighted by atomic mass is 19.4. The second kappa shape index (κ2) is 6.39. The van der Waals surface area contributed by atoms with Gasteiger partial charge in [0, 0.05) is 37.7 Å². The summed E-state index contributed by atoms with van der Waals surface area (Å²) in [6, 6.07) is 4.37. The van der Waals surface area contributed by atoms with Gasteiger partial charge in [-0.3, -0.25) is 0 Å². The molecule has 5 nitrogen and oxygen atoms in total. The summed E-state index contributed by atoms with van der Waals surface area (Å²) < 4.78 is 37.5. The van der Waals surface area contributed by atoms with Crippen molar-refractivity contribution in [2.24, 2.45) is 0 Å². The molecule has 0 amide bonds. The van der Waals surface area contributed by atoms with Crippen LogP contribution in [-0.2, 0) is 6.18 Å². The van der Waals surface area contributed by atoms with Crippen LogP contribution in [0.4, 0.5) is 24.9 Å². The molecular formula is C15H16F3N5. The molecule has 2 aromatic heterocycles. The minimum atomic E-state index is -4.35. The fourth-order valence-corrected chi connectivity index (χ4v) is 2.53. The average molecular weight is 323 g/mol. The van der Waals surface area contributed by atoms with Gasteiger partial charge in [0.2, 0.25) is 5.95 Å². The van der Waals surface area contributed by atoms with Gasteiger partial charge in [-0.1, -0.05) is 0 Å². The van der Waals surface area contributed by atoms with E-state index in [0.717, 1.165) is 38.2 Å². The van der Waals surface area contributed by atoms with Gasteiger partial charge in [-0.2, -0.15) is 13.2 Å². The first kappa shape index (κ1) is 15.5. The number of pyridine rings is 1. The van der Waals surface area contributed by atoms with Crippen LogP contribution in [0.5, 0.6) is 0 Å². The minimum absolute atomic E-state index is 0.180. The van der Waals surface area contributed by atoms with E-state index in [1.165, 1.54) is 6.07 Å². The lowest BCUT2D eigenvalue weighted by molar-refractivity contribution is -0.137. The smallest absolute Gasteiger partial charge is 0.367 e. The summed E-state index contributed by atoms with van der Waals surface area (Å²) in [5.41, 5.74) is -0.737. The second-order valence-electron chi connectivity index (χ2n) is 5.38. The van der Waals surface area contributed by atoms with E-state index in [1.807, 2.05) is 0 Å². The topological polar surface area (TPSA) is 53.9 Å². The third-order valence-corrected chi connectivity index (χ3v) is 3.77. The van der Waals surface area contributed by atoms with Crippen LogP contribution in [-0.4, -0.2) is 34.1 Å². The highest BCUT2D eigenvalue weighted by Gasteiger charge is 2.30. The lowest BCUT2D eigenvalue weighted by Crippen LogP contribution is -2.40. The number of anilines is 2. The molecule has 0 saturated carbocycles. The number of hydrogen-bond donors (Lipinski definition) is 1. The van der Waals surface area contributed by atoms with Gasteiger partial charge in [-0.05, 0) is 31.0 Å². The van der Waals surface area contributed by atoms with E-state index >= 15 is 0 Å². The highest BCUT2D eigenvalue weighted by Crippen LogP contribution is 2.29. The molecular weight excluding hydrogens is 307 g/mol. The Morgan fingerprint density at radius 1 is 1.04 bits per heavy atom. The molecule has 1 aliphatic rings. The van der Waals surface area contributed by atoms with Crippen LogP contribution in [0.1, 0.15) is 18.4 Å². The molecule has 0 aliphatic carbocycles. The molecule has 3 heterocycles. The van der Waals surface area contributed by atoms with Crippen molar-refractivity contribution in [1.82, 2.24) is 15.0 Å². The molecule has 2 aromatic rings. The number of halogens is 3. The zero-order chi connectivity index (χ0) is 16.3. The van der Waals surface area contributed by atoms with Gasteiger partial charge >= 0.3 is 6.18 Å². The largest absolute Gasteiger partial charge is 0.417 e. The van der Waals surface area contributed by atoms with Crippen LogP contribution >= 0.6 is 0 Å². The van der Waals surface area contributed by atoms with Gasteiger partial charge < -0.3 is 10.2 Å². The summed E-state index contributed by atoms with van der Waals surface area (Å²) in [5.74, 6) is 1.17.